The third-order valence-electron chi connectivity index (χ3n) is 18.9. The van der Waals surface area contributed by atoms with Gasteiger partial charge in [-0.3, -0.25) is 24.2 Å². The van der Waals surface area contributed by atoms with E-state index in [0.29, 0.717) is 81.7 Å². The lowest BCUT2D eigenvalue weighted by Gasteiger charge is -2.42. The van der Waals surface area contributed by atoms with Crippen LogP contribution in [0, 0.1) is 5.41 Å². The van der Waals surface area contributed by atoms with E-state index in [1.807, 2.05) is 24.8 Å². The van der Waals surface area contributed by atoms with E-state index >= 15 is 0 Å². The van der Waals surface area contributed by atoms with Crippen LogP contribution < -0.4 is 16.0 Å². The first-order chi connectivity index (χ1) is 53.2. The summed E-state index contributed by atoms with van der Waals surface area (Å²) >= 11 is 0. The first kappa shape index (κ1) is 90.5. The maximum Gasteiger partial charge on any atom is 0.217 e. The molecular weight excluding hydrogens is 1470 g/mol. The summed E-state index contributed by atoms with van der Waals surface area (Å²) in [6.45, 7) is 12.9. The zero-order chi connectivity index (χ0) is 80.2. The van der Waals surface area contributed by atoms with Crippen molar-refractivity contribution in [3.63, 3.8) is 0 Å². The number of carbonyl (C=O) groups excluding carboxylic acids is 3. The number of aliphatic hydroxyl groups excluding tert-OH is 12. The van der Waals surface area contributed by atoms with Crippen molar-refractivity contribution in [3.05, 3.63) is 47.6 Å². The molecule has 0 spiro atoms. The van der Waals surface area contributed by atoms with Gasteiger partial charge in [0.05, 0.1) is 161 Å². The second kappa shape index (κ2) is 45.9. The van der Waals surface area contributed by atoms with Gasteiger partial charge in [-0.25, -0.2) is 18.7 Å². The molecule has 1 unspecified atom stereocenters. The van der Waals surface area contributed by atoms with Gasteiger partial charge in [-0.15, -0.1) is 20.4 Å². The molecule has 15 N–H and O–H groups in total. The minimum absolute atomic E-state index is 0.0123. The van der Waals surface area contributed by atoms with Crippen LogP contribution in [0.25, 0.3) is 0 Å². The highest BCUT2D eigenvalue weighted by Crippen LogP contribution is 2.32. The Bertz CT molecular complexity index is 3220. The van der Waals surface area contributed by atoms with E-state index in [9.17, 15) is 75.7 Å². The Balaban J connectivity index is 0.895. The molecule has 3 amide bonds. The lowest BCUT2D eigenvalue weighted by molar-refractivity contribution is -0.272. The predicted octanol–water partition coefficient (Wildman–Crippen LogP) is -7.86. The molecule has 8 rings (SSSR count). The van der Waals surface area contributed by atoms with E-state index in [1.165, 1.54) is 20.8 Å². The summed E-state index contributed by atoms with van der Waals surface area (Å²) in [4.78, 5) is 40.2. The SMILES string of the molecule is CC(=O)N[C@H]1[C@H](OCCOCCn2cc(CN(CCCCC(N(Cc3cn(CCOCCO[C@H]4C[C@@H](O)[C@@H](O)[C@@H](CO)O4)nn3)Cc3cn(CCOCCO[C@@H]4O[C@H](CO)[C@H](O)[C@H](O)[C@H]4NC(C)=O)nn3)C(C)(C)C)Cc3cn(CCOCCO[C@@H]4O[C@H](CO)[C@H](O)[C@H](O)[C@H]4NC(C)=O)nn3)nn2)O[C@H](CO)[C@H](O)[C@@H]1O. The molecule has 0 aromatic carbocycles. The largest absolute Gasteiger partial charge is 0.394 e. The Hall–Kier alpha value is -6.07. The summed E-state index contributed by atoms with van der Waals surface area (Å²) in [5.74, 6) is -1.44. The lowest BCUT2D eigenvalue weighted by Crippen LogP contribution is -2.64. The van der Waals surface area contributed by atoms with Crippen LogP contribution in [-0.2, 0) is 124 Å². The minimum Gasteiger partial charge on any atom is -0.394 e. The molecule has 20 atom stereocenters. The number of unbranched alkanes of at least 4 members (excludes halogenated alkanes) is 1. The average molecular weight is 1590 g/mol. The van der Waals surface area contributed by atoms with Crippen molar-refractivity contribution in [3.8, 4) is 0 Å². The van der Waals surface area contributed by atoms with E-state index in [4.69, 9.17) is 56.8 Å². The molecule has 0 radical (unpaired) electrons. The van der Waals surface area contributed by atoms with Gasteiger partial charge in [-0.2, -0.15) is 0 Å². The van der Waals surface area contributed by atoms with Crippen LogP contribution in [0.1, 0.15) is 90.0 Å². The summed E-state index contributed by atoms with van der Waals surface area (Å²) in [6, 6.07) is -3.37. The number of carbonyl (C=O) groups is 3. The van der Waals surface area contributed by atoms with Gasteiger partial charge in [0, 0.05) is 84.2 Å². The number of ether oxygens (including phenoxy) is 12. The van der Waals surface area contributed by atoms with Gasteiger partial charge < -0.3 is 134 Å². The van der Waals surface area contributed by atoms with Gasteiger partial charge in [0.25, 0.3) is 0 Å². The quantitative estimate of drug-likeness (QED) is 0.0183. The molecule has 4 aliphatic rings. The molecule has 4 saturated heterocycles. The highest BCUT2D eigenvalue weighted by molar-refractivity contribution is 5.74. The molecule has 0 bridgehead atoms. The molecule has 44 nitrogen and oxygen atoms in total. The van der Waals surface area contributed by atoms with Gasteiger partial charge in [0.1, 0.15) is 85.3 Å². The Labute approximate surface area is 641 Å². The van der Waals surface area contributed by atoms with Crippen molar-refractivity contribution in [1.29, 1.82) is 0 Å². The van der Waals surface area contributed by atoms with Crippen molar-refractivity contribution < 1.29 is 133 Å². The van der Waals surface area contributed by atoms with Crippen LogP contribution >= 0.6 is 0 Å². The summed E-state index contributed by atoms with van der Waals surface area (Å²) in [5.41, 5.74) is 2.38. The molecule has 4 fully saturated rings. The second-order valence-corrected chi connectivity index (χ2v) is 28.7. The first-order valence-corrected chi connectivity index (χ1v) is 37.4. The first-order valence-electron chi connectivity index (χ1n) is 37.4. The van der Waals surface area contributed by atoms with Crippen LogP contribution in [-0.4, -0.2) is 384 Å². The summed E-state index contributed by atoms with van der Waals surface area (Å²) in [7, 11) is 0. The fraction of sp³-hybridized carbons (Fsp3) is 0.836. The molecule has 111 heavy (non-hydrogen) atoms. The number of hydrogen-bond donors (Lipinski definition) is 15. The van der Waals surface area contributed by atoms with Crippen molar-refractivity contribution >= 4 is 17.7 Å². The molecule has 4 aromatic rings. The average Bonchev–Trinajstić information content (AvgIpc) is 1.67. The van der Waals surface area contributed by atoms with E-state index < -0.39 is 161 Å². The van der Waals surface area contributed by atoms with Gasteiger partial charge >= 0.3 is 0 Å². The summed E-state index contributed by atoms with van der Waals surface area (Å²) < 4.78 is 75.6. The fourth-order valence-corrected chi connectivity index (χ4v) is 13.2. The monoisotopic (exact) mass is 1590 g/mol. The normalized spacial score (nSPS) is 28.3. The van der Waals surface area contributed by atoms with Crippen LogP contribution in [0.4, 0.5) is 0 Å². The molecule has 44 heteroatoms. The standard InChI is InChI=1S/C67H115N17O27/c1-40(89)68-54-61(97)58(94)49(37-86)109-64(54)105-24-20-101-16-11-81-32-43(71-75-81)28-79(29-44-33-82(76-72-44)12-17-102-21-25-106-65-55(69-41(2)90)62(98)59(95)50(38-87)110-65)10-8-7-9-52(67(4,5)6)80(30-45-34-83(77-73-45)13-15-100-19-23-104-53-27-47(92)57(93)48(36-85)108-53)31-46-35-84(78-74-46)14-18-103-22-26-107-66-56(70-42(3)91)63(99)60(96)51(39-88)111-66/h32-35,47-66,85-88,92-99H,7-31,36-39H2,1-6H3,(H,68,89)(H,69,90)(H,70,91)/t47-,48-,49-,50-,51-,52?,53-,54-,55-,56-,57-,58+,59+,60+,61-,62-,63-,64-,65-,66-/m1/s1. The van der Waals surface area contributed by atoms with Crippen LogP contribution in [0.5, 0.6) is 0 Å². The number of rotatable bonds is 49. The van der Waals surface area contributed by atoms with E-state index in [0.717, 1.165) is 19.3 Å². The van der Waals surface area contributed by atoms with Gasteiger partial charge in [0.2, 0.25) is 17.7 Å². The van der Waals surface area contributed by atoms with Crippen LogP contribution in [0.3, 0.4) is 0 Å². The van der Waals surface area contributed by atoms with Gasteiger partial charge in [-0.1, -0.05) is 48.0 Å². The number of amides is 3. The number of aliphatic hydroxyl groups is 12. The fourth-order valence-electron chi connectivity index (χ4n) is 13.2. The highest BCUT2D eigenvalue weighted by Gasteiger charge is 2.48. The number of aromatic nitrogens is 12. The summed E-state index contributed by atoms with van der Waals surface area (Å²) in [6.07, 6.45) is -10.2. The summed E-state index contributed by atoms with van der Waals surface area (Å²) in [5, 5.41) is 165. The zero-order valence-corrected chi connectivity index (χ0v) is 63.6. The number of nitrogens with zero attached hydrogens (tertiary/aromatic N) is 14. The van der Waals surface area contributed by atoms with Crippen LogP contribution in [0.15, 0.2) is 24.8 Å². The van der Waals surface area contributed by atoms with Crippen molar-refractivity contribution in [1.82, 2.24) is 85.7 Å². The second-order valence-electron chi connectivity index (χ2n) is 28.7. The molecular formula is C67H115N17O27. The molecule has 4 aliphatic heterocycles. The van der Waals surface area contributed by atoms with E-state index in [1.54, 1.807) is 18.7 Å². The van der Waals surface area contributed by atoms with Crippen LogP contribution in [0.2, 0.25) is 0 Å². The third-order valence-corrected chi connectivity index (χ3v) is 18.9. The third kappa shape index (κ3) is 28.4. The van der Waals surface area contributed by atoms with Crippen molar-refractivity contribution in [2.45, 2.75) is 242 Å². The Morgan fingerprint density at radius 3 is 1.10 bits per heavy atom. The molecule has 0 aliphatic carbocycles. The zero-order valence-electron chi connectivity index (χ0n) is 63.6. The number of nitrogens with one attached hydrogen (secondary N) is 3. The van der Waals surface area contributed by atoms with E-state index in [2.05, 4.69) is 87.8 Å². The maximum atomic E-state index is 11.9. The van der Waals surface area contributed by atoms with Crippen molar-refractivity contribution in [2.24, 2.45) is 5.41 Å². The van der Waals surface area contributed by atoms with E-state index in [-0.39, 0.29) is 97.2 Å². The number of hydrogen-bond acceptors (Lipinski definition) is 37. The Kier molecular flexibility index (Phi) is 37.4. The smallest absolute Gasteiger partial charge is 0.217 e. The minimum atomic E-state index is -1.46. The topological polar surface area (TPSA) is 570 Å². The Morgan fingerprint density at radius 2 is 0.775 bits per heavy atom. The molecule has 630 valence electrons. The van der Waals surface area contributed by atoms with Gasteiger partial charge in [0.15, 0.2) is 25.2 Å². The van der Waals surface area contributed by atoms with Gasteiger partial charge in [-0.05, 0) is 24.8 Å². The van der Waals surface area contributed by atoms with Crippen molar-refractivity contribution in [2.75, 3.05) is 112 Å². The Morgan fingerprint density at radius 1 is 0.450 bits per heavy atom. The molecule has 8 heterocycles. The maximum absolute atomic E-state index is 11.9. The molecule has 4 aromatic heterocycles. The lowest BCUT2D eigenvalue weighted by atomic mass is 9.82. The molecule has 0 saturated carbocycles. The predicted molar refractivity (Wildman–Crippen MR) is 376 cm³/mol. The highest BCUT2D eigenvalue weighted by atomic mass is 16.7.